The minimum absolute atomic E-state index is 0.132. The van der Waals surface area contributed by atoms with Gasteiger partial charge in [-0.15, -0.1) is 0 Å². The summed E-state index contributed by atoms with van der Waals surface area (Å²) < 4.78 is 33.6. The first-order valence-corrected chi connectivity index (χ1v) is 6.76. The molecule has 1 aliphatic rings. The summed E-state index contributed by atoms with van der Waals surface area (Å²) in [6.07, 6.45) is 2.99. The van der Waals surface area contributed by atoms with Crippen molar-refractivity contribution in [3.63, 3.8) is 0 Å². The molecule has 19 heavy (non-hydrogen) atoms. The van der Waals surface area contributed by atoms with Crippen LogP contribution in [0.1, 0.15) is 29.7 Å². The molecular weight excluding hydrogens is 318 g/mol. The number of hydrogen-bond donors (Lipinski definition) is 1. The molecule has 0 saturated heterocycles. The number of furan rings is 1. The minimum atomic E-state index is -1.67. The second kappa shape index (κ2) is 4.42. The number of benzene rings is 1. The smallest absolute Gasteiger partial charge is 0.146 e. The first-order chi connectivity index (χ1) is 9.04. The van der Waals surface area contributed by atoms with E-state index in [0.717, 1.165) is 6.07 Å². The third-order valence-electron chi connectivity index (χ3n) is 3.59. The summed E-state index contributed by atoms with van der Waals surface area (Å²) >= 11 is 3.03. The van der Waals surface area contributed by atoms with E-state index < -0.39 is 17.2 Å². The Morgan fingerprint density at radius 3 is 2.84 bits per heavy atom. The van der Waals surface area contributed by atoms with Crippen LogP contribution in [0.15, 0.2) is 33.4 Å². The number of fused-ring (bicyclic) bond motifs is 1. The van der Waals surface area contributed by atoms with Crippen LogP contribution < -0.4 is 0 Å². The Kier molecular flexibility index (Phi) is 2.98. The van der Waals surface area contributed by atoms with Gasteiger partial charge in [0.1, 0.15) is 23.0 Å². The maximum Gasteiger partial charge on any atom is 0.146 e. The van der Waals surface area contributed by atoms with Gasteiger partial charge in [-0.1, -0.05) is 0 Å². The Morgan fingerprint density at radius 1 is 1.26 bits per heavy atom. The monoisotopic (exact) mass is 328 g/mol. The van der Waals surface area contributed by atoms with Crippen LogP contribution >= 0.6 is 15.9 Å². The quantitative estimate of drug-likeness (QED) is 0.805. The van der Waals surface area contributed by atoms with Crippen molar-refractivity contribution in [2.75, 3.05) is 0 Å². The molecule has 0 bridgehead atoms. The Hall–Kier alpha value is -1.20. The molecule has 1 aromatic heterocycles. The summed E-state index contributed by atoms with van der Waals surface area (Å²) in [5.74, 6) is -0.929. The van der Waals surface area contributed by atoms with Crippen molar-refractivity contribution in [1.29, 1.82) is 0 Å². The van der Waals surface area contributed by atoms with Gasteiger partial charge >= 0.3 is 0 Å². The lowest BCUT2D eigenvalue weighted by molar-refractivity contribution is 0.0512. The van der Waals surface area contributed by atoms with Crippen LogP contribution in [0.3, 0.4) is 0 Å². The predicted molar refractivity (Wildman–Crippen MR) is 68.7 cm³/mol. The highest BCUT2D eigenvalue weighted by Gasteiger charge is 2.42. The van der Waals surface area contributed by atoms with Crippen LogP contribution in [-0.2, 0) is 12.0 Å². The predicted octanol–water partition coefficient (Wildman–Crippen LogP) is 3.89. The van der Waals surface area contributed by atoms with Gasteiger partial charge in [0.05, 0.1) is 16.3 Å². The molecule has 0 radical (unpaired) electrons. The SMILES string of the molecule is OC1(c2c(F)ccc(Br)c2F)CCCc2occc21. The third kappa shape index (κ3) is 1.83. The molecule has 2 nitrogen and oxygen atoms in total. The van der Waals surface area contributed by atoms with Gasteiger partial charge in [0, 0.05) is 12.0 Å². The summed E-state index contributed by atoms with van der Waals surface area (Å²) in [7, 11) is 0. The van der Waals surface area contributed by atoms with Crippen molar-refractivity contribution in [3.8, 4) is 0 Å². The van der Waals surface area contributed by atoms with Crippen molar-refractivity contribution in [2.24, 2.45) is 0 Å². The highest BCUT2D eigenvalue weighted by Crippen LogP contribution is 2.44. The second-order valence-electron chi connectivity index (χ2n) is 4.69. The number of aliphatic hydroxyl groups is 1. The number of halogens is 3. The van der Waals surface area contributed by atoms with Crippen molar-refractivity contribution in [3.05, 3.63) is 57.5 Å². The standard InChI is InChI=1S/C14H11BrF2O2/c15-9-3-4-10(16)12(13(9)17)14(18)6-1-2-11-8(14)5-7-19-11/h3-5,7,18H,1-2,6H2. The summed E-state index contributed by atoms with van der Waals surface area (Å²) in [5.41, 5.74) is -1.53. The fraction of sp³-hybridized carbons (Fsp3) is 0.286. The maximum absolute atomic E-state index is 14.2. The second-order valence-corrected chi connectivity index (χ2v) is 5.54. The van der Waals surface area contributed by atoms with Crippen LogP contribution in [-0.4, -0.2) is 5.11 Å². The van der Waals surface area contributed by atoms with E-state index in [1.54, 1.807) is 6.07 Å². The fourth-order valence-corrected chi connectivity index (χ4v) is 3.04. The van der Waals surface area contributed by atoms with Crippen molar-refractivity contribution >= 4 is 15.9 Å². The van der Waals surface area contributed by atoms with Crippen molar-refractivity contribution in [2.45, 2.75) is 24.9 Å². The first kappa shape index (κ1) is 12.8. The van der Waals surface area contributed by atoms with Crippen molar-refractivity contribution < 1.29 is 18.3 Å². The van der Waals surface area contributed by atoms with Gasteiger partial charge in [-0.25, -0.2) is 8.78 Å². The van der Waals surface area contributed by atoms with E-state index in [9.17, 15) is 13.9 Å². The zero-order valence-electron chi connectivity index (χ0n) is 9.92. The van der Waals surface area contributed by atoms with E-state index in [1.807, 2.05) is 0 Å². The van der Waals surface area contributed by atoms with Crippen LogP contribution in [0.25, 0.3) is 0 Å². The number of aryl methyl sites for hydroxylation is 1. The molecule has 0 fully saturated rings. The lowest BCUT2D eigenvalue weighted by Crippen LogP contribution is -2.33. The van der Waals surface area contributed by atoms with E-state index in [-0.39, 0.29) is 16.5 Å². The Bertz CT molecular complexity index is 638. The average molecular weight is 329 g/mol. The molecule has 3 rings (SSSR count). The molecule has 1 unspecified atom stereocenters. The van der Waals surface area contributed by atoms with E-state index in [0.29, 0.717) is 24.2 Å². The minimum Gasteiger partial charge on any atom is -0.469 e. The molecule has 1 N–H and O–H groups in total. The van der Waals surface area contributed by atoms with Gasteiger partial charge in [0.15, 0.2) is 0 Å². The summed E-state index contributed by atoms with van der Waals surface area (Å²) in [6, 6.07) is 4.01. The highest BCUT2D eigenvalue weighted by molar-refractivity contribution is 9.10. The van der Waals surface area contributed by atoms with Crippen LogP contribution in [0.5, 0.6) is 0 Å². The normalized spacial score (nSPS) is 22.3. The molecular formula is C14H11BrF2O2. The highest BCUT2D eigenvalue weighted by atomic mass is 79.9. The van der Waals surface area contributed by atoms with E-state index in [4.69, 9.17) is 4.42 Å². The molecule has 1 heterocycles. The van der Waals surface area contributed by atoms with Crippen LogP contribution in [0.4, 0.5) is 8.78 Å². The third-order valence-corrected chi connectivity index (χ3v) is 4.20. The summed E-state index contributed by atoms with van der Waals surface area (Å²) in [6.45, 7) is 0. The molecule has 100 valence electrons. The molecule has 1 aliphatic carbocycles. The molecule has 5 heteroatoms. The van der Waals surface area contributed by atoms with Gasteiger partial charge in [-0.05, 0) is 47.0 Å². The zero-order valence-corrected chi connectivity index (χ0v) is 11.5. The topological polar surface area (TPSA) is 33.4 Å². The Labute approximate surface area is 117 Å². The molecule has 0 saturated carbocycles. The number of hydrogen-bond acceptors (Lipinski definition) is 2. The average Bonchev–Trinajstić information content (AvgIpc) is 2.84. The van der Waals surface area contributed by atoms with E-state index >= 15 is 0 Å². The van der Waals surface area contributed by atoms with E-state index in [2.05, 4.69) is 15.9 Å². The van der Waals surface area contributed by atoms with Gasteiger partial charge in [0.25, 0.3) is 0 Å². The molecule has 1 aromatic carbocycles. The van der Waals surface area contributed by atoms with Gasteiger partial charge in [-0.2, -0.15) is 0 Å². The Morgan fingerprint density at radius 2 is 2.05 bits per heavy atom. The maximum atomic E-state index is 14.2. The summed E-state index contributed by atoms with van der Waals surface area (Å²) in [5, 5.41) is 10.8. The molecule has 1 atom stereocenters. The van der Waals surface area contributed by atoms with Gasteiger partial charge in [-0.3, -0.25) is 0 Å². The lowest BCUT2D eigenvalue weighted by atomic mass is 9.77. The molecule has 2 aromatic rings. The Balaban J connectivity index is 2.26. The van der Waals surface area contributed by atoms with Crippen LogP contribution in [0.2, 0.25) is 0 Å². The molecule has 0 spiro atoms. The zero-order chi connectivity index (χ0) is 13.6. The van der Waals surface area contributed by atoms with Gasteiger partial charge in [0.2, 0.25) is 0 Å². The molecule has 0 aliphatic heterocycles. The van der Waals surface area contributed by atoms with Gasteiger partial charge < -0.3 is 9.52 Å². The van der Waals surface area contributed by atoms with Crippen molar-refractivity contribution in [1.82, 2.24) is 0 Å². The summed E-state index contributed by atoms with van der Waals surface area (Å²) in [4.78, 5) is 0. The van der Waals surface area contributed by atoms with E-state index in [1.165, 1.54) is 12.3 Å². The molecule has 0 amide bonds. The fourth-order valence-electron chi connectivity index (χ4n) is 2.71. The first-order valence-electron chi connectivity index (χ1n) is 5.97. The number of rotatable bonds is 1. The largest absolute Gasteiger partial charge is 0.469 e. The lowest BCUT2D eigenvalue weighted by Gasteiger charge is -2.32. The van der Waals surface area contributed by atoms with Crippen LogP contribution in [0, 0.1) is 11.6 Å².